The maximum atomic E-state index is 12.8. The van der Waals surface area contributed by atoms with Gasteiger partial charge in [-0.15, -0.1) is 23.1 Å². The van der Waals surface area contributed by atoms with Crippen LogP contribution in [-0.2, 0) is 20.9 Å². The smallest absolute Gasteiger partial charge is 0.355 e. The number of aliphatic hydroxyl groups is 1. The molecular formula is C17H12BrN3O6S2. The Bertz CT molecular complexity index is 1010. The van der Waals surface area contributed by atoms with E-state index in [1.807, 2.05) is 0 Å². The molecule has 0 radical (unpaired) electrons. The Morgan fingerprint density at radius 3 is 2.79 bits per heavy atom. The van der Waals surface area contributed by atoms with E-state index in [4.69, 9.17) is 4.74 Å². The maximum Gasteiger partial charge on any atom is 0.355 e. The van der Waals surface area contributed by atoms with Crippen molar-refractivity contribution in [3.63, 3.8) is 0 Å². The minimum absolute atomic E-state index is 0.0588. The molecule has 2 unspecified atom stereocenters. The predicted molar refractivity (Wildman–Crippen MR) is 108 cm³/mol. The molecule has 2 aromatic rings. The number of β-lactam (4-membered cyclic amide) rings is 1. The number of carbonyl (C=O) groups excluding carboxylic acids is 2. The Kier molecular flexibility index (Phi) is 5.19. The molecule has 1 amide bonds. The number of aromatic nitrogens is 1. The predicted octanol–water partition coefficient (Wildman–Crippen LogP) is 2.72. The zero-order chi connectivity index (χ0) is 20.8. The minimum Gasteiger partial charge on any atom is -0.456 e. The van der Waals surface area contributed by atoms with Crippen molar-refractivity contribution in [3.05, 3.63) is 67.6 Å². The van der Waals surface area contributed by atoms with E-state index in [1.165, 1.54) is 57.7 Å². The Labute approximate surface area is 180 Å². The number of fused-ring (bicyclic) bond motifs is 1. The summed E-state index contributed by atoms with van der Waals surface area (Å²) in [5.41, 5.74) is 0.612. The molecule has 0 saturated carbocycles. The number of esters is 1. The van der Waals surface area contributed by atoms with Gasteiger partial charge in [0.2, 0.25) is 0 Å². The summed E-state index contributed by atoms with van der Waals surface area (Å²) in [5, 5.41) is 24.4. The Morgan fingerprint density at radius 2 is 2.17 bits per heavy atom. The number of amides is 1. The number of non-ortho nitro benzene ring substituents is 1. The molecule has 0 spiro atoms. The molecular weight excluding hydrogens is 486 g/mol. The number of carbonyl (C=O) groups is 2. The number of hydrogen-bond acceptors (Lipinski definition) is 9. The van der Waals surface area contributed by atoms with Crippen LogP contribution < -0.4 is 0 Å². The highest BCUT2D eigenvalue weighted by Crippen LogP contribution is 2.57. The number of thioether (sulfide) groups is 1. The second-order valence-electron chi connectivity index (χ2n) is 6.21. The van der Waals surface area contributed by atoms with Crippen LogP contribution >= 0.6 is 39.0 Å². The van der Waals surface area contributed by atoms with Crippen molar-refractivity contribution in [2.75, 3.05) is 0 Å². The van der Waals surface area contributed by atoms with Gasteiger partial charge in [-0.05, 0) is 17.7 Å². The number of aliphatic hydroxyl groups excluding tert-OH is 1. The van der Waals surface area contributed by atoms with Gasteiger partial charge in [0.25, 0.3) is 11.6 Å². The molecule has 1 aromatic carbocycles. The molecule has 4 rings (SSSR count). The van der Waals surface area contributed by atoms with Crippen molar-refractivity contribution in [1.29, 1.82) is 0 Å². The Balaban J connectivity index is 1.40. The molecule has 3 heterocycles. The van der Waals surface area contributed by atoms with Crippen molar-refractivity contribution in [3.8, 4) is 0 Å². The first-order valence-corrected chi connectivity index (χ1v) is 10.8. The lowest BCUT2D eigenvalue weighted by Crippen LogP contribution is -2.69. The summed E-state index contributed by atoms with van der Waals surface area (Å²) in [4.78, 5) is 40.7. The van der Waals surface area contributed by atoms with Gasteiger partial charge < -0.3 is 9.84 Å². The summed E-state index contributed by atoms with van der Waals surface area (Å²) in [7, 11) is 0. The van der Waals surface area contributed by atoms with E-state index in [0.717, 1.165) is 0 Å². The van der Waals surface area contributed by atoms with Crippen LogP contribution in [0.15, 0.2) is 46.9 Å². The summed E-state index contributed by atoms with van der Waals surface area (Å²) >= 11 is 5.83. The number of benzene rings is 1. The molecule has 1 aromatic heterocycles. The monoisotopic (exact) mass is 497 g/mol. The minimum atomic E-state index is -1.27. The number of halogens is 1. The Morgan fingerprint density at radius 1 is 1.45 bits per heavy atom. The van der Waals surface area contributed by atoms with Crippen LogP contribution in [-0.4, -0.2) is 41.5 Å². The first-order chi connectivity index (χ1) is 13.8. The van der Waals surface area contributed by atoms with Gasteiger partial charge in [-0.3, -0.25) is 19.8 Å². The van der Waals surface area contributed by atoms with Gasteiger partial charge in [-0.1, -0.05) is 15.9 Å². The summed E-state index contributed by atoms with van der Waals surface area (Å²) < 4.78 is 3.97. The highest BCUT2D eigenvalue weighted by molar-refractivity contribution is 9.10. The third kappa shape index (κ3) is 3.25. The summed E-state index contributed by atoms with van der Waals surface area (Å²) in [5.74, 6) is -1.14. The van der Waals surface area contributed by atoms with Crippen LogP contribution in [0.3, 0.4) is 0 Å². The van der Waals surface area contributed by atoms with E-state index >= 15 is 0 Å². The SMILES string of the molecule is O=C(OCc1ccc([N+](=O)[O-])cc1)C1=CS[C@H]2N1C(=O)C2(Br)C(O)c1nccs1. The van der Waals surface area contributed by atoms with Gasteiger partial charge in [0.05, 0.1) is 4.92 Å². The number of nitro benzene ring substituents is 1. The third-order valence-electron chi connectivity index (χ3n) is 4.52. The van der Waals surface area contributed by atoms with Crippen molar-refractivity contribution in [2.45, 2.75) is 22.4 Å². The topological polar surface area (TPSA) is 123 Å². The van der Waals surface area contributed by atoms with Crippen LogP contribution in [0, 0.1) is 10.1 Å². The van der Waals surface area contributed by atoms with Gasteiger partial charge in [-0.25, -0.2) is 9.78 Å². The molecule has 3 atom stereocenters. The average Bonchev–Trinajstić information content (AvgIpc) is 3.39. The highest BCUT2D eigenvalue weighted by atomic mass is 79.9. The number of rotatable bonds is 6. The number of ether oxygens (including phenoxy) is 1. The van der Waals surface area contributed by atoms with Crippen molar-refractivity contribution in [2.24, 2.45) is 0 Å². The number of nitrogens with zero attached hydrogens (tertiary/aromatic N) is 3. The molecule has 2 aliphatic heterocycles. The molecule has 0 bridgehead atoms. The fourth-order valence-electron chi connectivity index (χ4n) is 2.98. The fourth-order valence-corrected chi connectivity index (χ4v) is 6.00. The number of alkyl halides is 1. The van der Waals surface area contributed by atoms with Gasteiger partial charge >= 0.3 is 5.97 Å². The van der Waals surface area contributed by atoms with Gasteiger partial charge in [0, 0.05) is 29.1 Å². The van der Waals surface area contributed by atoms with E-state index in [0.29, 0.717) is 10.6 Å². The lowest BCUT2D eigenvalue weighted by molar-refractivity contribution is -0.384. The number of thiazole rings is 1. The normalized spacial score (nSPS) is 23.8. The second-order valence-corrected chi connectivity index (χ2v) is 9.40. The van der Waals surface area contributed by atoms with Crippen LogP contribution in [0.1, 0.15) is 16.7 Å². The van der Waals surface area contributed by atoms with E-state index in [1.54, 1.807) is 11.6 Å². The molecule has 1 fully saturated rings. The summed E-state index contributed by atoms with van der Waals surface area (Å²) in [6.45, 7) is -0.0905. The standard InChI is InChI=1S/C17H12BrN3O6S2/c18-17(12(22)13-19-5-6-28-13)15(24)20-11(8-29-16(17)20)14(23)27-7-9-1-3-10(4-2-9)21(25)26/h1-6,8,12,16,22H,7H2/t12?,16-,17?/m1/s1. The van der Waals surface area contributed by atoms with Crippen molar-refractivity contribution < 1.29 is 24.4 Å². The molecule has 0 aliphatic carbocycles. The van der Waals surface area contributed by atoms with Crippen LogP contribution in [0.4, 0.5) is 5.69 Å². The molecule has 29 heavy (non-hydrogen) atoms. The van der Waals surface area contributed by atoms with Crippen molar-refractivity contribution >= 4 is 56.6 Å². The lowest BCUT2D eigenvalue weighted by atomic mass is 9.91. The van der Waals surface area contributed by atoms with Crippen LogP contribution in [0.5, 0.6) is 0 Å². The fraction of sp³-hybridized carbons (Fsp3) is 0.235. The second kappa shape index (κ2) is 7.52. The lowest BCUT2D eigenvalue weighted by Gasteiger charge is -2.50. The van der Waals surface area contributed by atoms with Crippen molar-refractivity contribution in [1.82, 2.24) is 9.88 Å². The van der Waals surface area contributed by atoms with E-state index < -0.39 is 32.6 Å². The molecule has 1 saturated heterocycles. The zero-order valence-electron chi connectivity index (χ0n) is 14.4. The largest absolute Gasteiger partial charge is 0.456 e. The number of hydrogen-bond donors (Lipinski definition) is 1. The number of nitro groups is 1. The zero-order valence-corrected chi connectivity index (χ0v) is 17.6. The molecule has 2 aliphatic rings. The van der Waals surface area contributed by atoms with E-state index in [9.17, 15) is 24.8 Å². The van der Waals surface area contributed by atoms with Gasteiger partial charge in [0.1, 0.15) is 28.8 Å². The molecule has 9 nitrogen and oxygen atoms in total. The first-order valence-electron chi connectivity index (χ1n) is 8.20. The van der Waals surface area contributed by atoms with E-state index in [2.05, 4.69) is 20.9 Å². The first kappa shape index (κ1) is 20.0. The van der Waals surface area contributed by atoms with Gasteiger partial charge in [-0.2, -0.15) is 0 Å². The summed E-state index contributed by atoms with van der Waals surface area (Å²) in [6, 6.07) is 5.63. The van der Waals surface area contributed by atoms with Crippen LogP contribution in [0.2, 0.25) is 0 Å². The molecule has 1 N–H and O–H groups in total. The quantitative estimate of drug-likeness (QED) is 0.212. The van der Waals surface area contributed by atoms with Gasteiger partial charge in [0.15, 0.2) is 4.32 Å². The molecule has 12 heteroatoms. The summed E-state index contributed by atoms with van der Waals surface area (Å²) in [6.07, 6.45) is 0.397. The Hall–Kier alpha value is -2.28. The molecule has 150 valence electrons. The highest BCUT2D eigenvalue weighted by Gasteiger charge is 2.68. The van der Waals surface area contributed by atoms with Crippen LogP contribution in [0.25, 0.3) is 0 Å². The van der Waals surface area contributed by atoms with E-state index in [-0.39, 0.29) is 18.0 Å². The third-order valence-corrected chi connectivity index (χ3v) is 8.06. The maximum absolute atomic E-state index is 12.8. The average molecular weight is 498 g/mol.